The molecular formula is C22H23NO2. The zero-order valence-electron chi connectivity index (χ0n) is 14.6. The summed E-state index contributed by atoms with van der Waals surface area (Å²) >= 11 is 0. The molecule has 25 heavy (non-hydrogen) atoms. The first-order valence-corrected chi connectivity index (χ1v) is 9.52. The number of nitrogens with zero attached hydrogens (tertiary/aromatic N) is 1. The van der Waals surface area contributed by atoms with Crippen LogP contribution in [0.2, 0.25) is 0 Å². The van der Waals surface area contributed by atoms with Crippen LogP contribution in [0.3, 0.4) is 0 Å². The summed E-state index contributed by atoms with van der Waals surface area (Å²) in [7, 11) is 0. The molecule has 0 unspecified atom stereocenters. The monoisotopic (exact) mass is 333 g/mol. The Morgan fingerprint density at radius 2 is 1.48 bits per heavy atom. The van der Waals surface area contributed by atoms with Gasteiger partial charge in [0, 0.05) is 11.8 Å². The number of rotatable bonds is 1. The van der Waals surface area contributed by atoms with Crippen molar-refractivity contribution in [2.45, 2.75) is 39.0 Å². The van der Waals surface area contributed by atoms with E-state index in [1.54, 1.807) is 5.57 Å². The van der Waals surface area contributed by atoms with Crippen LogP contribution in [-0.2, 0) is 9.59 Å². The fourth-order valence-corrected chi connectivity index (χ4v) is 5.55. The minimum absolute atomic E-state index is 0.00931. The highest BCUT2D eigenvalue weighted by Crippen LogP contribution is 2.58. The Bertz CT molecular complexity index is 792. The van der Waals surface area contributed by atoms with Crippen molar-refractivity contribution < 1.29 is 9.59 Å². The molecule has 0 radical (unpaired) electrons. The number of fused-ring (bicyclic) bond motifs is 5. The number of para-hydroxylation sites is 1. The zero-order chi connectivity index (χ0) is 17.1. The van der Waals surface area contributed by atoms with Crippen molar-refractivity contribution in [2.24, 2.45) is 23.7 Å². The van der Waals surface area contributed by atoms with Crippen molar-refractivity contribution in [1.29, 1.82) is 0 Å². The van der Waals surface area contributed by atoms with Crippen LogP contribution in [0, 0.1) is 30.6 Å². The van der Waals surface area contributed by atoms with Gasteiger partial charge < -0.3 is 0 Å². The maximum atomic E-state index is 13.2. The van der Waals surface area contributed by atoms with E-state index in [4.69, 9.17) is 0 Å². The van der Waals surface area contributed by atoms with E-state index in [9.17, 15) is 9.59 Å². The van der Waals surface area contributed by atoms with Gasteiger partial charge in [-0.1, -0.05) is 47.9 Å². The molecule has 0 aromatic heterocycles. The molecule has 1 aromatic rings. The van der Waals surface area contributed by atoms with Gasteiger partial charge >= 0.3 is 0 Å². The van der Waals surface area contributed by atoms with Crippen molar-refractivity contribution in [3.8, 4) is 0 Å². The summed E-state index contributed by atoms with van der Waals surface area (Å²) in [4.78, 5) is 27.9. The number of aryl methyl sites for hydroxylation is 1. The molecular weight excluding hydrogens is 310 g/mol. The van der Waals surface area contributed by atoms with Crippen molar-refractivity contribution in [3.63, 3.8) is 0 Å². The van der Waals surface area contributed by atoms with Crippen molar-refractivity contribution in [1.82, 2.24) is 0 Å². The largest absolute Gasteiger partial charge is 0.274 e. The molecule has 128 valence electrons. The molecule has 3 nitrogen and oxygen atoms in total. The molecule has 5 rings (SSSR count). The summed E-state index contributed by atoms with van der Waals surface area (Å²) in [5, 5.41) is 0. The summed E-state index contributed by atoms with van der Waals surface area (Å²) in [6, 6.07) is 7.70. The fraction of sp³-hybridized carbons (Fsp3) is 0.455. The summed E-state index contributed by atoms with van der Waals surface area (Å²) in [5.41, 5.74) is 4.72. The van der Waals surface area contributed by atoms with Crippen LogP contribution in [0.5, 0.6) is 0 Å². The molecule has 2 bridgehead atoms. The Labute approximate surface area is 148 Å². The Balaban J connectivity index is 1.55. The average Bonchev–Trinajstić information content (AvgIpc) is 3.27. The molecule has 1 saturated heterocycles. The average molecular weight is 333 g/mol. The molecule has 4 atom stereocenters. The summed E-state index contributed by atoms with van der Waals surface area (Å²) in [6.07, 6.45) is 10.5. The number of hydrogen-bond acceptors (Lipinski definition) is 2. The number of carbonyl (C=O) groups is 2. The van der Waals surface area contributed by atoms with Gasteiger partial charge in [-0.25, -0.2) is 4.90 Å². The molecule has 1 aromatic carbocycles. The van der Waals surface area contributed by atoms with E-state index < -0.39 is 0 Å². The van der Waals surface area contributed by atoms with Gasteiger partial charge in [-0.2, -0.15) is 0 Å². The topological polar surface area (TPSA) is 37.4 Å². The third-order valence-corrected chi connectivity index (χ3v) is 6.64. The Morgan fingerprint density at radius 3 is 2.08 bits per heavy atom. The van der Waals surface area contributed by atoms with E-state index >= 15 is 0 Å². The van der Waals surface area contributed by atoms with Crippen LogP contribution < -0.4 is 4.90 Å². The third kappa shape index (κ3) is 1.98. The lowest BCUT2D eigenvalue weighted by Crippen LogP contribution is -2.33. The quantitative estimate of drug-likeness (QED) is 0.571. The highest BCUT2D eigenvalue weighted by Gasteiger charge is 2.62. The van der Waals surface area contributed by atoms with E-state index in [1.807, 2.05) is 31.2 Å². The van der Waals surface area contributed by atoms with Gasteiger partial charge in [-0.05, 0) is 44.2 Å². The van der Waals surface area contributed by atoms with Gasteiger partial charge in [0.1, 0.15) is 0 Å². The zero-order valence-corrected chi connectivity index (χ0v) is 14.6. The third-order valence-electron chi connectivity index (χ3n) is 6.64. The second-order valence-electron chi connectivity index (χ2n) is 7.91. The Morgan fingerprint density at radius 1 is 0.880 bits per heavy atom. The first-order chi connectivity index (χ1) is 12.2. The van der Waals surface area contributed by atoms with Crippen LogP contribution in [0.25, 0.3) is 0 Å². The van der Waals surface area contributed by atoms with Crippen LogP contribution >= 0.6 is 0 Å². The Kier molecular flexibility index (Phi) is 3.28. The summed E-state index contributed by atoms with van der Waals surface area (Å²) in [5.74, 6) is -0.00896. The predicted octanol–water partition coefficient (Wildman–Crippen LogP) is 4.18. The first kappa shape index (κ1) is 15.1. The number of amides is 2. The van der Waals surface area contributed by atoms with Crippen LogP contribution in [-0.4, -0.2) is 11.8 Å². The van der Waals surface area contributed by atoms with E-state index in [1.165, 1.54) is 29.7 Å². The highest BCUT2D eigenvalue weighted by molar-refractivity contribution is 6.23. The number of imide groups is 1. The normalized spacial score (nSPS) is 33.6. The summed E-state index contributed by atoms with van der Waals surface area (Å²) < 4.78 is 0. The predicted molar refractivity (Wildman–Crippen MR) is 96.9 cm³/mol. The van der Waals surface area contributed by atoms with E-state index in [2.05, 4.69) is 12.2 Å². The second-order valence-corrected chi connectivity index (χ2v) is 7.91. The number of allylic oxidation sites excluding steroid dienone is 4. The summed E-state index contributed by atoms with van der Waals surface area (Å²) in [6.45, 7) is 1.96. The maximum Gasteiger partial charge on any atom is 0.238 e. The number of hydrogen-bond donors (Lipinski definition) is 0. The number of carbonyl (C=O) groups excluding carboxylic acids is 2. The van der Waals surface area contributed by atoms with Crippen molar-refractivity contribution >= 4 is 17.5 Å². The molecule has 2 saturated carbocycles. The molecule has 3 fully saturated rings. The van der Waals surface area contributed by atoms with Gasteiger partial charge in [0.15, 0.2) is 0 Å². The van der Waals surface area contributed by atoms with E-state index in [0.717, 1.165) is 24.1 Å². The molecule has 3 heteroatoms. The van der Waals surface area contributed by atoms with Crippen LogP contribution in [0.4, 0.5) is 5.69 Å². The molecule has 1 heterocycles. The SMILES string of the molecule is Cc1ccccc1N1C(=O)[C@@H]2[C@H](C1=O)[C@@H]1C=C[C@@H]2C1=C1CCCCC1. The molecule has 4 aliphatic rings. The number of benzene rings is 1. The lowest BCUT2D eigenvalue weighted by Gasteiger charge is -2.23. The van der Waals surface area contributed by atoms with Gasteiger partial charge in [0.2, 0.25) is 11.8 Å². The maximum absolute atomic E-state index is 13.2. The van der Waals surface area contributed by atoms with Crippen LogP contribution in [0.1, 0.15) is 37.7 Å². The van der Waals surface area contributed by atoms with Gasteiger partial charge in [-0.15, -0.1) is 0 Å². The van der Waals surface area contributed by atoms with Gasteiger partial charge in [-0.3, -0.25) is 9.59 Å². The van der Waals surface area contributed by atoms with Crippen molar-refractivity contribution in [2.75, 3.05) is 4.90 Å². The number of anilines is 1. The highest BCUT2D eigenvalue weighted by atomic mass is 16.2. The lowest BCUT2D eigenvalue weighted by molar-refractivity contribution is -0.122. The molecule has 2 amide bonds. The standard InChI is InChI=1S/C22H23NO2/c1-13-7-5-6-10-17(13)23-21(24)19-15-11-12-16(20(19)22(23)25)18(15)14-8-3-2-4-9-14/h5-7,10-12,15-16,19-20H,2-4,8-9H2,1H3/t15-,16-,19-,20+/m1/s1. The Hall–Kier alpha value is -2.16. The van der Waals surface area contributed by atoms with Crippen LogP contribution in [0.15, 0.2) is 47.6 Å². The molecule has 3 aliphatic carbocycles. The second kappa shape index (κ2) is 5.42. The lowest BCUT2D eigenvalue weighted by atomic mass is 9.85. The first-order valence-electron chi connectivity index (χ1n) is 9.52. The van der Waals surface area contributed by atoms with Gasteiger partial charge in [0.05, 0.1) is 17.5 Å². The van der Waals surface area contributed by atoms with Gasteiger partial charge in [0.25, 0.3) is 0 Å². The van der Waals surface area contributed by atoms with Crippen molar-refractivity contribution in [3.05, 3.63) is 53.1 Å². The molecule has 1 aliphatic heterocycles. The fourth-order valence-electron chi connectivity index (χ4n) is 5.55. The smallest absolute Gasteiger partial charge is 0.238 e. The minimum Gasteiger partial charge on any atom is -0.274 e. The molecule has 0 spiro atoms. The minimum atomic E-state index is -0.175. The van der Waals surface area contributed by atoms with E-state index in [-0.39, 0.29) is 35.5 Å². The van der Waals surface area contributed by atoms with E-state index in [0.29, 0.717) is 0 Å². The molecule has 0 N–H and O–H groups in total.